The first-order chi connectivity index (χ1) is 9.15. The van der Waals surface area contributed by atoms with Gasteiger partial charge in [0, 0.05) is 24.2 Å². The summed E-state index contributed by atoms with van der Waals surface area (Å²) in [6, 6.07) is 6.04. The fraction of sp³-hybridized carbons (Fsp3) is 0.333. The topological polar surface area (TPSA) is 59.2 Å². The molecule has 2 aromatic rings. The number of H-pyrrole nitrogens is 1. The van der Waals surface area contributed by atoms with Gasteiger partial charge in [0.2, 0.25) is 0 Å². The molecule has 100 valence electrons. The van der Waals surface area contributed by atoms with Gasteiger partial charge in [-0.25, -0.2) is 0 Å². The smallest absolute Gasteiger partial charge is 0.308 e. The van der Waals surface area contributed by atoms with Crippen LogP contribution in [0.15, 0.2) is 18.2 Å². The van der Waals surface area contributed by atoms with E-state index in [0.29, 0.717) is 18.6 Å². The van der Waals surface area contributed by atoms with Crippen LogP contribution in [0.5, 0.6) is 5.75 Å². The SMILES string of the molecule is CCc1ccc2[nH]c(CCC=O)c(OC(C)=O)c2c1. The van der Waals surface area contributed by atoms with Gasteiger partial charge >= 0.3 is 5.97 Å². The Bertz CT molecular complexity index is 613. The van der Waals surface area contributed by atoms with Crippen LogP contribution >= 0.6 is 0 Å². The Balaban J connectivity index is 2.53. The first-order valence-electron chi connectivity index (χ1n) is 6.41. The van der Waals surface area contributed by atoms with Crippen LogP contribution in [0.4, 0.5) is 0 Å². The number of aromatic nitrogens is 1. The number of hydrogen-bond acceptors (Lipinski definition) is 3. The number of carbonyl (C=O) groups excluding carboxylic acids is 2. The number of fused-ring (bicyclic) bond motifs is 1. The molecule has 0 fully saturated rings. The number of aldehydes is 1. The molecule has 0 spiro atoms. The molecule has 0 unspecified atom stereocenters. The Morgan fingerprint density at radius 1 is 1.42 bits per heavy atom. The van der Waals surface area contributed by atoms with Crippen molar-refractivity contribution in [3.8, 4) is 5.75 Å². The summed E-state index contributed by atoms with van der Waals surface area (Å²) >= 11 is 0. The molecule has 0 radical (unpaired) electrons. The van der Waals surface area contributed by atoms with E-state index in [2.05, 4.69) is 11.9 Å². The van der Waals surface area contributed by atoms with E-state index < -0.39 is 0 Å². The molecule has 0 saturated heterocycles. The summed E-state index contributed by atoms with van der Waals surface area (Å²) < 4.78 is 5.31. The van der Waals surface area contributed by atoms with Gasteiger partial charge in [-0.3, -0.25) is 4.79 Å². The highest BCUT2D eigenvalue weighted by Crippen LogP contribution is 2.32. The lowest BCUT2D eigenvalue weighted by atomic mass is 10.1. The molecule has 4 heteroatoms. The predicted molar refractivity (Wildman–Crippen MR) is 73.4 cm³/mol. The normalized spacial score (nSPS) is 10.6. The fourth-order valence-electron chi connectivity index (χ4n) is 2.13. The first-order valence-corrected chi connectivity index (χ1v) is 6.41. The van der Waals surface area contributed by atoms with Crippen molar-refractivity contribution in [2.24, 2.45) is 0 Å². The summed E-state index contributed by atoms with van der Waals surface area (Å²) in [7, 11) is 0. The largest absolute Gasteiger partial charge is 0.424 e. The number of rotatable bonds is 5. The van der Waals surface area contributed by atoms with E-state index in [1.54, 1.807) is 0 Å². The van der Waals surface area contributed by atoms with Crippen molar-refractivity contribution in [3.05, 3.63) is 29.5 Å². The number of ether oxygens (including phenoxy) is 1. The van der Waals surface area contributed by atoms with Crippen LogP contribution in [0.3, 0.4) is 0 Å². The molecule has 1 N–H and O–H groups in total. The highest BCUT2D eigenvalue weighted by Gasteiger charge is 2.14. The van der Waals surface area contributed by atoms with Crippen molar-refractivity contribution in [3.63, 3.8) is 0 Å². The second kappa shape index (κ2) is 5.69. The van der Waals surface area contributed by atoms with Crippen LogP contribution in [0, 0.1) is 0 Å². The minimum atomic E-state index is -0.352. The van der Waals surface area contributed by atoms with Gasteiger partial charge in [0.15, 0.2) is 5.75 Å². The lowest BCUT2D eigenvalue weighted by Gasteiger charge is -2.03. The zero-order valence-electron chi connectivity index (χ0n) is 11.2. The Hall–Kier alpha value is -2.10. The number of benzene rings is 1. The van der Waals surface area contributed by atoms with Crippen LogP contribution in [0.2, 0.25) is 0 Å². The third-order valence-electron chi connectivity index (χ3n) is 3.05. The molecule has 1 heterocycles. The van der Waals surface area contributed by atoms with Crippen LogP contribution in [-0.4, -0.2) is 17.2 Å². The van der Waals surface area contributed by atoms with Crippen LogP contribution in [0.1, 0.15) is 31.5 Å². The average molecular weight is 259 g/mol. The first kappa shape index (κ1) is 13.3. The molecule has 0 bridgehead atoms. The average Bonchev–Trinajstić information content (AvgIpc) is 2.73. The number of aromatic amines is 1. The van der Waals surface area contributed by atoms with Gasteiger partial charge in [-0.1, -0.05) is 13.0 Å². The Morgan fingerprint density at radius 2 is 2.21 bits per heavy atom. The number of aryl methyl sites for hydroxylation is 2. The zero-order chi connectivity index (χ0) is 13.8. The lowest BCUT2D eigenvalue weighted by molar-refractivity contribution is -0.131. The van der Waals surface area contributed by atoms with E-state index in [1.807, 2.05) is 18.2 Å². The fourth-order valence-corrected chi connectivity index (χ4v) is 2.13. The predicted octanol–water partition coefficient (Wildman–Crippen LogP) is 2.79. The van der Waals surface area contributed by atoms with E-state index in [0.717, 1.165) is 29.3 Å². The summed E-state index contributed by atoms with van der Waals surface area (Å²) in [6.07, 6.45) is 2.73. The van der Waals surface area contributed by atoms with Gasteiger partial charge in [0.25, 0.3) is 0 Å². The van der Waals surface area contributed by atoms with Gasteiger partial charge in [0.05, 0.1) is 5.69 Å². The van der Waals surface area contributed by atoms with Crippen molar-refractivity contribution in [1.29, 1.82) is 0 Å². The lowest BCUT2D eigenvalue weighted by Crippen LogP contribution is -2.03. The Labute approximate surface area is 111 Å². The molecule has 2 rings (SSSR count). The molecule has 0 aliphatic rings. The second-order valence-electron chi connectivity index (χ2n) is 4.47. The highest BCUT2D eigenvalue weighted by molar-refractivity contribution is 5.90. The van der Waals surface area contributed by atoms with Crippen molar-refractivity contribution in [2.45, 2.75) is 33.1 Å². The Kier molecular flexibility index (Phi) is 4.00. The van der Waals surface area contributed by atoms with Crippen LogP contribution in [-0.2, 0) is 22.4 Å². The molecule has 0 aliphatic heterocycles. The second-order valence-corrected chi connectivity index (χ2v) is 4.47. The molecule has 0 saturated carbocycles. The molecular formula is C15H17NO3. The molecular weight excluding hydrogens is 242 g/mol. The van der Waals surface area contributed by atoms with Gasteiger partial charge in [-0.2, -0.15) is 0 Å². The molecule has 1 aromatic heterocycles. The van der Waals surface area contributed by atoms with Crippen molar-refractivity contribution in [1.82, 2.24) is 4.98 Å². The van der Waals surface area contributed by atoms with E-state index in [4.69, 9.17) is 4.74 Å². The maximum atomic E-state index is 11.2. The molecule has 1 aromatic carbocycles. The molecule has 4 nitrogen and oxygen atoms in total. The number of nitrogens with one attached hydrogen (secondary N) is 1. The Morgan fingerprint density at radius 3 is 2.84 bits per heavy atom. The number of hydrogen-bond donors (Lipinski definition) is 1. The van der Waals surface area contributed by atoms with Gasteiger partial charge in [-0.05, 0) is 30.5 Å². The quantitative estimate of drug-likeness (QED) is 0.663. The van der Waals surface area contributed by atoms with Gasteiger partial charge < -0.3 is 14.5 Å². The van der Waals surface area contributed by atoms with Crippen molar-refractivity contribution in [2.75, 3.05) is 0 Å². The van der Waals surface area contributed by atoms with E-state index in [1.165, 1.54) is 12.5 Å². The molecule has 0 aliphatic carbocycles. The summed E-state index contributed by atoms with van der Waals surface area (Å²) in [5, 5.41) is 0.899. The summed E-state index contributed by atoms with van der Waals surface area (Å²) in [6.45, 7) is 3.46. The van der Waals surface area contributed by atoms with Gasteiger partial charge in [-0.15, -0.1) is 0 Å². The summed E-state index contributed by atoms with van der Waals surface area (Å²) in [5.74, 6) is 0.204. The highest BCUT2D eigenvalue weighted by atomic mass is 16.5. The van der Waals surface area contributed by atoms with E-state index in [9.17, 15) is 9.59 Å². The maximum Gasteiger partial charge on any atom is 0.308 e. The monoisotopic (exact) mass is 259 g/mol. The van der Waals surface area contributed by atoms with Crippen molar-refractivity contribution < 1.29 is 14.3 Å². The maximum absolute atomic E-state index is 11.2. The van der Waals surface area contributed by atoms with Crippen LogP contribution in [0.25, 0.3) is 10.9 Å². The molecule has 0 amide bonds. The number of carbonyl (C=O) groups is 2. The molecule has 19 heavy (non-hydrogen) atoms. The van der Waals surface area contributed by atoms with Gasteiger partial charge in [0.1, 0.15) is 6.29 Å². The third-order valence-corrected chi connectivity index (χ3v) is 3.05. The van der Waals surface area contributed by atoms with E-state index in [-0.39, 0.29) is 5.97 Å². The zero-order valence-corrected chi connectivity index (χ0v) is 11.2. The number of esters is 1. The minimum Gasteiger partial charge on any atom is -0.424 e. The van der Waals surface area contributed by atoms with E-state index >= 15 is 0 Å². The standard InChI is InChI=1S/C15H17NO3/c1-3-11-6-7-13-12(9-11)15(19-10(2)18)14(16-13)5-4-8-17/h6-9,16H,3-5H2,1-2H3. The van der Waals surface area contributed by atoms with Crippen molar-refractivity contribution >= 4 is 23.2 Å². The summed E-state index contributed by atoms with van der Waals surface area (Å²) in [5.41, 5.74) is 2.90. The minimum absolute atomic E-state index is 0.352. The molecule has 0 atom stereocenters. The summed E-state index contributed by atoms with van der Waals surface area (Å²) in [4.78, 5) is 25.0. The third kappa shape index (κ3) is 2.84. The van der Waals surface area contributed by atoms with Crippen LogP contribution < -0.4 is 4.74 Å².